The van der Waals surface area contributed by atoms with Gasteiger partial charge in [-0.1, -0.05) is 5.16 Å². The topological polar surface area (TPSA) is 63.8 Å². The molecule has 0 saturated heterocycles. The monoisotopic (exact) mass is 252 g/mol. The van der Waals surface area contributed by atoms with Crippen LogP contribution in [0.15, 0.2) is 10.7 Å². The van der Waals surface area contributed by atoms with Crippen LogP contribution in [-0.4, -0.2) is 15.1 Å². The predicted octanol–water partition coefficient (Wildman–Crippen LogP) is 2.17. The minimum absolute atomic E-state index is 0.193. The fraction of sp³-hybridized carbons (Fsp3) is 0.545. The van der Waals surface area contributed by atoms with Crippen LogP contribution in [-0.2, 0) is 12.1 Å². The van der Waals surface area contributed by atoms with Gasteiger partial charge in [-0.2, -0.15) is 4.98 Å². The van der Waals surface area contributed by atoms with Gasteiger partial charge >= 0.3 is 0 Å². The number of nitrogens with zero attached hydrogens (tertiary/aromatic N) is 3. The van der Waals surface area contributed by atoms with E-state index in [1.165, 1.54) is 4.88 Å². The lowest BCUT2D eigenvalue weighted by atomic mass is 10.1. The predicted molar refractivity (Wildman–Crippen MR) is 65.8 cm³/mol. The maximum absolute atomic E-state index is 5.06. The molecular weight excluding hydrogens is 236 g/mol. The first-order valence-electron chi connectivity index (χ1n) is 5.44. The smallest absolute Gasteiger partial charge is 0.240 e. The number of aryl methyl sites for hydroxylation is 2. The third-order valence-corrected chi connectivity index (χ3v) is 3.64. The van der Waals surface area contributed by atoms with Crippen LogP contribution in [0.1, 0.15) is 35.4 Å². The Morgan fingerprint density at radius 1 is 1.41 bits per heavy atom. The van der Waals surface area contributed by atoms with Gasteiger partial charge < -0.3 is 4.52 Å². The van der Waals surface area contributed by atoms with E-state index in [1.807, 2.05) is 13.1 Å². The summed E-state index contributed by atoms with van der Waals surface area (Å²) in [5.74, 6) is 1.26. The Balaban J connectivity index is 2.02. The summed E-state index contributed by atoms with van der Waals surface area (Å²) in [5.41, 5.74) is -0.193. The second-order valence-electron chi connectivity index (χ2n) is 4.49. The van der Waals surface area contributed by atoms with Crippen molar-refractivity contribution in [3.8, 4) is 0 Å². The normalized spacial score (nSPS) is 12.0. The minimum atomic E-state index is -0.193. The molecule has 2 aromatic heterocycles. The van der Waals surface area contributed by atoms with Crippen LogP contribution in [0.25, 0.3) is 0 Å². The number of nitrogens with one attached hydrogen (secondary N) is 1. The number of thiazole rings is 1. The van der Waals surface area contributed by atoms with Gasteiger partial charge in [0.2, 0.25) is 5.89 Å². The quantitative estimate of drug-likeness (QED) is 0.903. The summed E-state index contributed by atoms with van der Waals surface area (Å²) in [6.45, 7) is 8.59. The van der Waals surface area contributed by atoms with E-state index < -0.39 is 0 Å². The van der Waals surface area contributed by atoms with Crippen molar-refractivity contribution in [1.82, 2.24) is 20.4 Å². The molecule has 0 amide bonds. The van der Waals surface area contributed by atoms with E-state index in [4.69, 9.17) is 4.52 Å². The third-order valence-electron chi connectivity index (χ3n) is 2.41. The van der Waals surface area contributed by atoms with Crippen LogP contribution in [0.5, 0.6) is 0 Å². The summed E-state index contributed by atoms with van der Waals surface area (Å²) in [4.78, 5) is 9.76. The minimum Gasteiger partial charge on any atom is -0.338 e. The highest BCUT2D eigenvalue weighted by Crippen LogP contribution is 2.24. The zero-order valence-electron chi connectivity index (χ0n) is 10.4. The average Bonchev–Trinajstić information content (AvgIpc) is 2.85. The molecule has 0 aliphatic rings. The second-order valence-corrected chi connectivity index (χ2v) is 5.72. The first-order valence-corrected chi connectivity index (χ1v) is 6.26. The van der Waals surface area contributed by atoms with Crippen molar-refractivity contribution in [2.24, 2.45) is 0 Å². The lowest BCUT2D eigenvalue weighted by molar-refractivity contribution is 0.325. The van der Waals surface area contributed by atoms with Gasteiger partial charge in [-0.15, -0.1) is 11.3 Å². The van der Waals surface area contributed by atoms with E-state index in [0.29, 0.717) is 18.3 Å². The molecular formula is C11H16N4OS. The van der Waals surface area contributed by atoms with Crippen LogP contribution in [0.3, 0.4) is 0 Å². The Labute approximate surface area is 104 Å². The molecule has 0 fully saturated rings. The van der Waals surface area contributed by atoms with Crippen LogP contribution >= 0.6 is 11.3 Å². The molecule has 0 spiro atoms. The molecule has 2 rings (SSSR count). The van der Waals surface area contributed by atoms with Crippen LogP contribution in [0.2, 0.25) is 0 Å². The molecule has 0 aliphatic carbocycles. The van der Waals surface area contributed by atoms with Crippen molar-refractivity contribution in [3.63, 3.8) is 0 Å². The Kier molecular flexibility index (Phi) is 3.26. The Bertz CT molecular complexity index is 503. The van der Waals surface area contributed by atoms with E-state index in [2.05, 4.69) is 41.2 Å². The molecule has 6 heteroatoms. The van der Waals surface area contributed by atoms with Gasteiger partial charge in [-0.05, 0) is 27.7 Å². The van der Waals surface area contributed by atoms with E-state index in [0.717, 1.165) is 5.01 Å². The summed E-state index contributed by atoms with van der Waals surface area (Å²) >= 11 is 1.69. The van der Waals surface area contributed by atoms with Crippen LogP contribution < -0.4 is 5.32 Å². The van der Waals surface area contributed by atoms with E-state index in [9.17, 15) is 0 Å². The average molecular weight is 252 g/mol. The molecule has 0 aliphatic heterocycles. The van der Waals surface area contributed by atoms with Gasteiger partial charge in [0.1, 0.15) is 5.01 Å². The Morgan fingerprint density at radius 3 is 2.71 bits per heavy atom. The molecule has 0 radical (unpaired) electrons. The van der Waals surface area contributed by atoms with Crippen LogP contribution in [0, 0.1) is 13.8 Å². The molecule has 0 bridgehead atoms. The van der Waals surface area contributed by atoms with Gasteiger partial charge in [0.15, 0.2) is 5.82 Å². The summed E-state index contributed by atoms with van der Waals surface area (Å²) in [7, 11) is 0. The van der Waals surface area contributed by atoms with Crippen molar-refractivity contribution in [2.45, 2.75) is 39.8 Å². The SMILES string of the molecule is Cc1noc(CNC(C)(C)c2ncc(C)s2)n1. The number of aromatic nitrogens is 3. The Morgan fingerprint density at radius 2 is 2.18 bits per heavy atom. The first kappa shape index (κ1) is 12.2. The number of rotatable bonds is 4. The van der Waals surface area contributed by atoms with Gasteiger partial charge in [-0.25, -0.2) is 4.98 Å². The van der Waals surface area contributed by atoms with Crippen molar-refractivity contribution < 1.29 is 4.52 Å². The molecule has 1 N–H and O–H groups in total. The van der Waals surface area contributed by atoms with Gasteiger partial charge in [-0.3, -0.25) is 5.32 Å². The molecule has 0 saturated carbocycles. The highest BCUT2D eigenvalue weighted by Gasteiger charge is 2.24. The van der Waals surface area contributed by atoms with Crippen LogP contribution in [0.4, 0.5) is 0 Å². The summed E-state index contributed by atoms with van der Waals surface area (Å²) in [6.07, 6.45) is 1.89. The van der Waals surface area contributed by atoms with E-state index in [1.54, 1.807) is 11.3 Å². The third kappa shape index (κ3) is 2.89. The standard InChI is InChI=1S/C11H16N4OS/c1-7-5-12-10(17-7)11(3,4)13-6-9-14-8(2)15-16-9/h5,13H,6H2,1-4H3. The van der Waals surface area contributed by atoms with Crippen molar-refractivity contribution in [1.29, 1.82) is 0 Å². The zero-order valence-corrected chi connectivity index (χ0v) is 11.3. The molecule has 2 aromatic rings. The molecule has 0 aromatic carbocycles. The molecule has 17 heavy (non-hydrogen) atoms. The fourth-order valence-electron chi connectivity index (χ4n) is 1.43. The maximum Gasteiger partial charge on any atom is 0.240 e. The summed E-state index contributed by atoms with van der Waals surface area (Å²) in [5, 5.41) is 8.19. The summed E-state index contributed by atoms with van der Waals surface area (Å²) < 4.78 is 5.06. The Hall–Kier alpha value is -1.27. The van der Waals surface area contributed by atoms with Gasteiger partial charge in [0.05, 0.1) is 12.1 Å². The molecule has 0 unspecified atom stereocenters. The lowest BCUT2D eigenvalue weighted by Gasteiger charge is -2.22. The van der Waals surface area contributed by atoms with Crippen molar-refractivity contribution in [3.05, 3.63) is 27.8 Å². The number of hydrogen-bond donors (Lipinski definition) is 1. The van der Waals surface area contributed by atoms with Gasteiger partial charge in [0, 0.05) is 11.1 Å². The molecule has 92 valence electrons. The second kappa shape index (κ2) is 4.54. The van der Waals surface area contributed by atoms with Gasteiger partial charge in [0.25, 0.3) is 0 Å². The van der Waals surface area contributed by atoms with E-state index in [-0.39, 0.29) is 5.54 Å². The highest BCUT2D eigenvalue weighted by atomic mass is 32.1. The zero-order chi connectivity index (χ0) is 12.5. The molecule has 0 atom stereocenters. The largest absolute Gasteiger partial charge is 0.338 e. The first-order chi connectivity index (χ1) is 7.97. The van der Waals surface area contributed by atoms with Crippen molar-refractivity contribution in [2.75, 3.05) is 0 Å². The molecule has 5 nitrogen and oxygen atoms in total. The lowest BCUT2D eigenvalue weighted by Crippen LogP contribution is -2.35. The summed E-state index contributed by atoms with van der Waals surface area (Å²) in [6, 6.07) is 0. The van der Waals surface area contributed by atoms with E-state index >= 15 is 0 Å². The van der Waals surface area contributed by atoms with Crippen molar-refractivity contribution >= 4 is 11.3 Å². The maximum atomic E-state index is 5.06. The molecule has 2 heterocycles. The highest BCUT2D eigenvalue weighted by molar-refractivity contribution is 7.11. The fourth-order valence-corrected chi connectivity index (χ4v) is 2.27. The number of hydrogen-bond acceptors (Lipinski definition) is 6.